The first-order chi connectivity index (χ1) is 5.99. The topological polar surface area (TPSA) is 29.1 Å². The zero-order valence-electron chi connectivity index (χ0n) is 7.52. The van der Waals surface area contributed by atoms with E-state index in [0.717, 1.165) is 19.4 Å². The highest BCUT2D eigenvalue weighted by atomic mass is 35.5. The molecule has 1 saturated carbocycles. The highest BCUT2D eigenvalue weighted by Crippen LogP contribution is 2.49. The lowest BCUT2D eigenvalue weighted by atomic mass is 9.92. The smallest absolute Gasteiger partial charge is 0.146 e. The number of fused-ring (bicyclic) bond motifs is 1. The number of nitrogens with one attached hydrogen (secondary N) is 1. The minimum Gasteiger partial charge on any atom is -0.307 e. The van der Waals surface area contributed by atoms with Crippen molar-refractivity contribution in [2.45, 2.75) is 30.1 Å². The average Bonchev–Trinajstić information content (AvgIpc) is 2.41. The van der Waals surface area contributed by atoms with Gasteiger partial charge in [-0.05, 0) is 38.1 Å². The second-order valence-electron chi connectivity index (χ2n) is 4.18. The fourth-order valence-corrected chi connectivity index (χ4v) is 3.37. The van der Waals surface area contributed by atoms with Crippen LogP contribution in [0.1, 0.15) is 19.8 Å². The molecule has 0 aromatic rings. The lowest BCUT2D eigenvalue weighted by Crippen LogP contribution is -2.34. The first-order valence-corrected chi connectivity index (χ1v) is 5.37. The number of hydrogen-bond acceptors (Lipinski definition) is 2. The van der Waals surface area contributed by atoms with Crippen LogP contribution in [-0.2, 0) is 4.79 Å². The van der Waals surface area contributed by atoms with Gasteiger partial charge in [0.2, 0.25) is 0 Å². The van der Waals surface area contributed by atoms with Crippen LogP contribution in [0.15, 0.2) is 0 Å². The minimum absolute atomic E-state index is 0.00984. The van der Waals surface area contributed by atoms with Crippen molar-refractivity contribution in [2.24, 2.45) is 11.8 Å². The summed E-state index contributed by atoms with van der Waals surface area (Å²) in [6.07, 6.45) is 1.57. The number of rotatable bonds is 1. The van der Waals surface area contributed by atoms with E-state index in [1.807, 2.05) is 0 Å². The van der Waals surface area contributed by atoms with Crippen LogP contribution in [0.4, 0.5) is 0 Å². The molecule has 2 aliphatic rings. The molecule has 2 nitrogen and oxygen atoms in total. The van der Waals surface area contributed by atoms with Crippen molar-refractivity contribution in [1.29, 1.82) is 0 Å². The molecule has 3 atom stereocenters. The number of halogens is 2. The van der Waals surface area contributed by atoms with Crippen LogP contribution in [-0.4, -0.2) is 22.7 Å². The van der Waals surface area contributed by atoms with E-state index in [4.69, 9.17) is 23.2 Å². The molecule has 0 amide bonds. The summed E-state index contributed by atoms with van der Waals surface area (Å²) in [4.78, 5) is 11.3. The van der Waals surface area contributed by atoms with Gasteiger partial charge in [0.25, 0.3) is 0 Å². The predicted molar refractivity (Wildman–Crippen MR) is 53.1 cm³/mol. The Bertz CT molecular complexity index is 242. The van der Waals surface area contributed by atoms with Gasteiger partial charge in [-0.1, -0.05) is 0 Å². The van der Waals surface area contributed by atoms with Crippen LogP contribution in [0.5, 0.6) is 0 Å². The molecule has 0 radical (unpaired) electrons. The van der Waals surface area contributed by atoms with Crippen LogP contribution < -0.4 is 5.32 Å². The van der Waals surface area contributed by atoms with E-state index in [1.165, 1.54) is 0 Å². The molecule has 2 unspecified atom stereocenters. The maximum atomic E-state index is 11.3. The summed E-state index contributed by atoms with van der Waals surface area (Å²) < 4.78 is -0.592. The Hall–Kier alpha value is 0.210. The van der Waals surface area contributed by atoms with Crippen LogP contribution >= 0.6 is 23.2 Å². The third kappa shape index (κ3) is 1.72. The SMILES string of the molecule is CC(=O)[C@H]1NCC2CC(Cl)(Cl)CC21. The van der Waals surface area contributed by atoms with Gasteiger partial charge in [-0.15, -0.1) is 23.2 Å². The van der Waals surface area contributed by atoms with Gasteiger partial charge in [0.05, 0.1) is 6.04 Å². The Morgan fingerprint density at radius 1 is 1.46 bits per heavy atom. The summed E-state index contributed by atoms with van der Waals surface area (Å²) in [6.45, 7) is 2.51. The molecule has 0 aromatic carbocycles. The van der Waals surface area contributed by atoms with E-state index >= 15 is 0 Å². The average molecular weight is 222 g/mol. The van der Waals surface area contributed by atoms with Crippen LogP contribution in [0, 0.1) is 11.8 Å². The molecule has 1 aliphatic heterocycles. The number of alkyl halides is 2. The fraction of sp³-hybridized carbons (Fsp3) is 0.889. The van der Waals surface area contributed by atoms with Crippen LogP contribution in [0.25, 0.3) is 0 Å². The second kappa shape index (κ2) is 3.11. The van der Waals surface area contributed by atoms with Gasteiger partial charge < -0.3 is 5.32 Å². The summed E-state index contributed by atoms with van der Waals surface area (Å²) in [5, 5.41) is 3.23. The zero-order chi connectivity index (χ0) is 9.64. The predicted octanol–water partition coefficient (Wildman–Crippen LogP) is 1.75. The highest BCUT2D eigenvalue weighted by Gasteiger charge is 2.50. The first-order valence-electron chi connectivity index (χ1n) is 4.61. The summed E-state index contributed by atoms with van der Waals surface area (Å²) >= 11 is 12.1. The summed E-state index contributed by atoms with van der Waals surface area (Å²) in [5.74, 6) is 1.05. The van der Waals surface area contributed by atoms with Gasteiger partial charge in [-0.25, -0.2) is 0 Å². The largest absolute Gasteiger partial charge is 0.307 e. The van der Waals surface area contributed by atoms with E-state index in [-0.39, 0.29) is 11.8 Å². The summed E-state index contributed by atoms with van der Waals surface area (Å²) in [5.41, 5.74) is 0. The van der Waals surface area contributed by atoms with Gasteiger partial charge in [0.1, 0.15) is 10.1 Å². The van der Waals surface area contributed by atoms with Gasteiger partial charge in [0.15, 0.2) is 0 Å². The molecule has 1 heterocycles. The maximum Gasteiger partial charge on any atom is 0.146 e. The van der Waals surface area contributed by atoms with E-state index in [2.05, 4.69) is 5.32 Å². The molecule has 74 valence electrons. The number of carbonyl (C=O) groups excluding carboxylic acids is 1. The second-order valence-corrected chi connectivity index (χ2v) is 5.83. The third-order valence-corrected chi connectivity index (χ3v) is 3.78. The number of carbonyl (C=O) groups is 1. The summed E-state index contributed by atoms with van der Waals surface area (Å²) in [7, 11) is 0. The van der Waals surface area contributed by atoms with Gasteiger partial charge in [-0.3, -0.25) is 4.79 Å². The standard InChI is InChI=1S/C9H13Cl2NO/c1-5(13)8-7-3-9(10,11)2-6(7)4-12-8/h6-8,12H,2-4H2,1H3/t6?,7?,8-/m1/s1. The molecule has 1 aliphatic carbocycles. The van der Waals surface area contributed by atoms with E-state index in [1.54, 1.807) is 6.92 Å². The molecule has 2 fully saturated rings. The molecular weight excluding hydrogens is 209 g/mol. The van der Waals surface area contributed by atoms with Crippen molar-refractivity contribution in [1.82, 2.24) is 5.32 Å². The monoisotopic (exact) mass is 221 g/mol. The highest BCUT2D eigenvalue weighted by molar-refractivity contribution is 6.48. The number of ketones is 1. The number of Topliss-reactive ketones (excluding diaryl/α,β-unsaturated/α-hetero) is 1. The molecule has 13 heavy (non-hydrogen) atoms. The van der Waals surface area contributed by atoms with Crippen molar-refractivity contribution in [3.05, 3.63) is 0 Å². The number of hydrogen-bond donors (Lipinski definition) is 1. The molecule has 0 aromatic heterocycles. The Balaban J connectivity index is 2.12. The Labute approximate surface area is 88.0 Å². The first kappa shape index (κ1) is 9.75. The van der Waals surface area contributed by atoms with Crippen molar-refractivity contribution >= 4 is 29.0 Å². The Kier molecular flexibility index (Phi) is 2.33. The van der Waals surface area contributed by atoms with E-state index < -0.39 is 4.33 Å². The van der Waals surface area contributed by atoms with Crippen LogP contribution in [0.3, 0.4) is 0 Å². The molecule has 1 N–H and O–H groups in total. The van der Waals surface area contributed by atoms with Crippen molar-refractivity contribution in [2.75, 3.05) is 6.54 Å². The minimum atomic E-state index is -0.592. The van der Waals surface area contributed by atoms with Crippen molar-refractivity contribution in [3.8, 4) is 0 Å². The quantitative estimate of drug-likeness (QED) is 0.685. The Morgan fingerprint density at radius 2 is 2.15 bits per heavy atom. The van der Waals surface area contributed by atoms with E-state index in [9.17, 15) is 4.79 Å². The molecule has 1 saturated heterocycles. The lowest BCUT2D eigenvalue weighted by Gasteiger charge is -2.17. The fourth-order valence-electron chi connectivity index (χ4n) is 2.62. The van der Waals surface area contributed by atoms with Crippen LogP contribution in [0.2, 0.25) is 0 Å². The van der Waals surface area contributed by atoms with Gasteiger partial charge in [-0.2, -0.15) is 0 Å². The molecule has 0 bridgehead atoms. The zero-order valence-corrected chi connectivity index (χ0v) is 9.03. The maximum absolute atomic E-state index is 11.3. The lowest BCUT2D eigenvalue weighted by molar-refractivity contribution is -0.119. The normalized spacial score (nSPS) is 41.9. The third-order valence-electron chi connectivity index (χ3n) is 3.17. The van der Waals surface area contributed by atoms with E-state index in [0.29, 0.717) is 11.8 Å². The van der Waals surface area contributed by atoms with Gasteiger partial charge in [0, 0.05) is 0 Å². The Morgan fingerprint density at radius 3 is 2.77 bits per heavy atom. The molecule has 0 spiro atoms. The van der Waals surface area contributed by atoms with Gasteiger partial charge >= 0.3 is 0 Å². The molecule has 4 heteroatoms. The summed E-state index contributed by atoms with van der Waals surface area (Å²) in [6, 6.07) is -0.00984. The molecule has 2 rings (SSSR count). The van der Waals surface area contributed by atoms with Crippen molar-refractivity contribution < 1.29 is 4.79 Å². The van der Waals surface area contributed by atoms with Crippen molar-refractivity contribution in [3.63, 3.8) is 0 Å². The molecular formula is C9H13Cl2NO.